The van der Waals surface area contributed by atoms with Crippen molar-refractivity contribution in [2.24, 2.45) is 0 Å². The minimum atomic E-state index is -3.96. The molecule has 1 unspecified atom stereocenters. The summed E-state index contributed by atoms with van der Waals surface area (Å²) >= 11 is 0. The maximum atomic E-state index is 14.4. The number of carbonyl (C=O) groups is 2. The number of ether oxygens (including phenoxy) is 1. The van der Waals surface area contributed by atoms with Crippen LogP contribution >= 0.6 is 0 Å². The third-order valence-corrected chi connectivity index (χ3v) is 10.8. The molecular formula is C27H29NO5S. The number of carbonyl (C=O) groups excluding carboxylic acids is 2. The van der Waals surface area contributed by atoms with Crippen LogP contribution in [0.4, 0.5) is 0 Å². The van der Waals surface area contributed by atoms with Crippen LogP contribution in [0.3, 0.4) is 0 Å². The second-order valence-electron chi connectivity index (χ2n) is 9.44. The van der Waals surface area contributed by atoms with E-state index in [4.69, 9.17) is 4.74 Å². The van der Waals surface area contributed by atoms with Crippen LogP contribution < -0.4 is 0 Å². The first-order valence-electron chi connectivity index (χ1n) is 11.7. The molecule has 2 aromatic rings. The fraction of sp³-hybridized carbons (Fsp3) is 0.407. The molecule has 178 valence electrons. The Morgan fingerprint density at radius 2 is 1.62 bits per heavy atom. The lowest BCUT2D eigenvalue weighted by molar-refractivity contribution is -0.160. The molecular weight excluding hydrogens is 450 g/mol. The summed E-state index contributed by atoms with van der Waals surface area (Å²) in [6.07, 6.45) is 1.00. The zero-order chi connectivity index (χ0) is 24.3. The molecule has 3 atom stereocenters. The van der Waals surface area contributed by atoms with Gasteiger partial charge in [0, 0.05) is 18.9 Å². The second kappa shape index (κ2) is 7.89. The van der Waals surface area contributed by atoms with E-state index in [0.717, 1.165) is 17.5 Å². The molecule has 6 nitrogen and oxygen atoms in total. The van der Waals surface area contributed by atoms with Gasteiger partial charge in [-0.05, 0) is 36.5 Å². The third kappa shape index (κ3) is 2.68. The molecule has 2 aromatic carbocycles. The smallest absolute Gasteiger partial charge is 0.260 e. The van der Waals surface area contributed by atoms with Crippen molar-refractivity contribution in [3.05, 3.63) is 83.1 Å². The Hall–Kier alpha value is -2.77. The molecule has 1 amide bonds. The molecule has 0 bridgehead atoms. The van der Waals surface area contributed by atoms with Crippen molar-refractivity contribution in [3.63, 3.8) is 0 Å². The summed E-state index contributed by atoms with van der Waals surface area (Å²) in [4.78, 5) is 27.5. The van der Waals surface area contributed by atoms with E-state index in [-0.39, 0.29) is 17.9 Å². The molecule has 2 fully saturated rings. The lowest BCUT2D eigenvalue weighted by Crippen LogP contribution is -2.73. The Kier molecular flexibility index (Phi) is 5.33. The number of ketones is 1. The topological polar surface area (TPSA) is 80.7 Å². The van der Waals surface area contributed by atoms with Crippen molar-refractivity contribution < 1.29 is 22.7 Å². The van der Waals surface area contributed by atoms with E-state index in [1.165, 1.54) is 12.0 Å². The average Bonchev–Trinajstić information content (AvgIpc) is 3.57. The number of benzene rings is 2. The minimum absolute atomic E-state index is 0.177. The number of unbranched alkanes of at least 4 members (excludes halogenated alkanes) is 1. The van der Waals surface area contributed by atoms with Crippen LogP contribution in [0.25, 0.3) is 0 Å². The van der Waals surface area contributed by atoms with Crippen molar-refractivity contribution in [3.8, 4) is 0 Å². The summed E-state index contributed by atoms with van der Waals surface area (Å²) in [5, 5.41) is -1.19. The van der Waals surface area contributed by atoms with Gasteiger partial charge in [-0.1, -0.05) is 74.0 Å². The highest BCUT2D eigenvalue weighted by atomic mass is 32.2. The predicted molar refractivity (Wildman–Crippen MR) is 129 cm³/mol. The molecule has 0 radical (unpaired) electrons. The number of fused-ring (bicyclic) bond motifs is 1. The molecule has 1 saturated heterocycles. The first-order valence-corrected chi connectivity index (χ1v) is 13.3. The van der Waals surface area contributed by atoms with Crippen molar-refractivity contribution in [2.45, 2.75) is 61.2 Å². The molecule has 3 aliphatic rings. The number of hydrogen-bond acceptors (Lipinski definition) is 5. The number of methoxy groups -OCH3 is 1. The van der Waals surface area contributed by atoms with Gasteiger partial charge in [-0.25, -0.2) is 8.42 Å². The van der Waals surface area contributed by atoms with E-state index in [1.54, 1.807) is 6.92 Å². The van der Waals surface area contributed by atoms with Crippen LogP contribution in [0.15, 0.2) is 71.9 Å². The van der Waals surface area contributed by atoms with Gasteiger partial charge in [-0.3, -0.25) is 14.5 Å². The largest absolute Gasteiger partial charge is 0.368 e. The lowest BCUT2D eigenvalue weighted by Gasteiger charge is -2.52. The standard InChI is InChI=1S/C27H29NO5S/c1-4-5-16-21(29)22-18(2)27(34(31,32)25-23(33-3)24(30)28(22)25)17-26(27,19-12-8-6-9-13-19)20-14-10-7-11-15-20/h6-15,23,25H,4-5,16-17H2,1-3H3/t23-,25?,27-/m0/s1. The van der Waals surface area contributed by atoms with Gasteiger partial charge in [-0.2, -0.15) is 0 Å². The minimum Gasteiger partial charge on any atom is -0.368 e. The van der Waals surface area contributed by atoms with E-state index in [0.29, 0.717) is 18.4 Å². The molecule has 7 heteroatoms. The molecule has 0 N–H and O–H groups in total. The van der Waals surface area contributed by atoms with Gasteiger partial charge in [0.25, 0.3) is 5.91 Å². The third-order valence-electron chi connectivity index (χ3n) is 7.89. The summed E-state index contributed by atoms with van der Waals surface area (Å²) in [5.41, 5.74) is 1.65. The lowest BCUT2D eigenvalue weighted by atomic mass is 9.82. The molecule has 1 saturated carbocycles. The van der Waals surface area contributed by atoms with Gasteiger partial charge in [-0.15, -0.1) is 0 Å². The SMILES string of the molecule is CCCCC(=O)C1=C(C)[C@]2(CC2(c2ccccc2)c2ccccc2)S(=O)(=O)C2[C@@H](OC)C(=O)N12. The Morgan fingerprint density at radius 3 is 2.12 bits per heavy atom. The molecule has 1 aliphatic carbocycles. The summed E-state index contributed by atoms with van der Waals surface area (Å²) in [7, 11) is -2.61. The van der Waals surface area contributed by atoms with Crippen LogP contribution in [0.1, 0.15) is 50.7 Å². The van der Waals surface area contributed by atoms with E-state index < -0.39 is 37.4 Å². The summed E-state index contributed by atoms with van der Waals surface area (Å²) in [5.74, 6) is -0.640. The first kappa shape index (κ1) is 23.0. The number of hydrogen-bond donors (Lipinski definition) is 0. The van der Waals surface area contributed by atoms with Crippen molar-refractivity contribution in [1.29, 1.82) is 0 Å². The first-order chi connectivity index (χ1) is 16.3. The maximum Gasteiger partial charge on any atom is 0.260 e. The van der Waals surface area contributed by atoms with Gasteiger partial charge in [0.1, 0.15) is 4.75 Å². The summed E-state index contributed by atoms with van der Waals surface area (Å²) in [6.45, 7) is 3.73. The molecule has 2 heterocycles. The van der Waals surface area contributed by atoms with Crippen molar-refractivity contribution in [1.82, 2.24) is 4.90 Å². The quantitative estimate of drug-likeness (QED) is 0.565. The fourth-order valence-corrected chi connectivity index (χ4v) is 9.31. The summed E-state index contributed by atoms with van der Waals surface area (Å²) < 4.78 is 32.8. The predicted octanol–water partition coefficient (Wildman–Crippen LogP) is 3.76. The molecule has 34 heavy (non-hydrogen) atoms. The average molecular weight is 480 g/mol. The normalized spacial score (nSPS) is 28.4. The van der Waals surface area contributed by atoms with Crippen LogP contribution in [-0.2, 0) is 29.6 Å². The van der Waals surface area contributed by atoms with Crippen LogP contribution in [-0.4, -0.2) is 48.3 Å². The molecule has 1 spiro atoms. The van der Waals surface area contributed by atoms with Crippen LogP contribution in [0.2, 0.25) is 0 Å². The Labute approximate surface area is 200 Å². The monoisotopic (exact) mass is 479 g/mol. The van der Waals surface area contributed by atoms with Crippen molar-refractivity contribution in [2.75, 3.05) is 7.11 Å². The van der Waals surface area contributed by atoms with Crippen LogP contribution in [0, 0.1) is 0 Å². The Morgan fingerprint density at radius 1 is 1.06 bits per heavy atom. The van der Waals surface area contributed by atoms with Crippen LogP contribution in [0.5, 0.6) is 0 Å². The van der Waals surface area contributed by atoms with E-state index in [2.05, 4.69) is 0 Å². The maximum absolute atomic E-state index is 14.4. The fourth-order valence-electron chi connectivity index (χ4n) is 6.19. The summed E-state index contributed by atoms with van der Waals surface area (Å²) in [6, 6.07) is 19.3. The van der Waals surface area contributed by atoms with Crippen molar-refractivity contribution >= 4 is 21.5 Å². The zero-order valence-electron chi connectivity index (χ0n) is 19.7. The van der Waals surface area contributed by atoms with Gasteiger partial charge in [0.2, 0.25) is 0 Å². The van der Waals surface area contributed by atoms with E-state index >= 15 is 0 Å². The highest BCUT2D eigenvalue weighted by Crippen LogP contribution is 2.72. The number of β-lactam (4-membered cyclic amide) rings is 1. The molecule has 0 aromatic heterocycles. The van der Waals surface area contributed by atoms with Gasteiger partial charge in [0.05, 0.1) is 5.70 Å². The highest BCUT2D eigenvalue weighted by Gasteiger charge is 2.82. The number of rotatable bonds is 7. The van der Waals surface area contributed by atoms with Gasteiger partial charge < -0.3 is 4.74 Å². The van der Waals surface area contributed by atoms with Gasteiger partial charge >= 0.3 is 0 Å². The molecule has 5 rings (SSSR count). The molecule has 2 aliphatic heterocycles. The highest BCUT2D eigenvalue weighted by molar-refractivity contribution is 7.94. The van der Waals surface area contributed by atoms with Gasteiger partial charge in [0.15, 0.2) is 27.1 Å². The van der Waals surface area contributed by atoms with E-state index in [1.807, 2.05) is 67.6 Å². The van der Waals surface area contributed by atoms with E-state index in [9.17, 15) is 18.0 Å². The Bertz CT molecular complexity index is 1250. The number of amides is 1. The Balaban J connectivity index is 1.80. The second-order valence-corrected chi connectivity index (χ2v) is 11.7. The number of nitrogens with zero attached hydrogens (tertiary/aromatic N) is 1. The number of sulfone groups is 1. The number of Topliss-reactive ketones (excluding diaryl/α,β-unsaturated/α-hetero) is 1. The number of allylic oxidation sites excluding steroid dienone is 1. The zero-order valence-corrected chi connectivity index (χ0v) is 20.5.